The van der Waals surface area contributed by atoms with Crippen LogP contribution in [0.1, 0.15) is 38.8 Å². The number of carbonyl (C=O) groups is 2. The van der Waals surface area contributed by atoms with E-state index < -0.39 is 0 Å². The molecule has 0 aliphatic carbocycles. The van der Waals surface area contributed by atoms with Crippen molar-refractivity contribution in [3.63, 3.8) is 0 Å². The van der Waals surface area contributed by atoms with E-state index in [0.717, 1.165) is 44.7 Å². The molecule has 1 aromatic rings. The first-order valence-corrected chi connectivity index (χ1v) is 9.59. The van der Waals surface area contributed by atoms with Gasteiger partial charge in [0.25, 0.3) is 0 Å². The van der Waals surface area contributed by atoms with Crippen LogP contribution in [-0.4, -0.2) is 47.9 Å². The molecular weight excluding hydrogens is 395 g/mol. The molecule has 3 rings (SSSR count). The topological polar surface area (TPSA) is 74.3 Å². The molecule has 2 fully saturated rings. The van der Waals surface area contributed by atoms with E-state index in [2.05, 4.69) is 15.6 Å². The zero-order valence-corrected chi connectivity index (χ0v) is 17.7. The monoisotopic (exact) mass is 422 g/mol. The van der Waals surface area contributed by atoms with Gasteiger partial charge in [0.15, 0.2) is 5.13 Å². The van der Waals surface area contributed by atoms with Gasteiger partial charge in [-0.1, -0.05) is 13.8 Å². The first kappa shape index (κ1) is 23.1. The molecule has 0 atom stereocenters. The van der Waals surface area contributed by atoms with E-state index in [4.69, 9.17) is 0 Å². The molecule has 2 aliphatic heterocycles. The molecule has 9 heteroatoms. The standard InChI is InChI=1S/C17H26N4O2S.2ClH/c1-12(2)15(23)20-16-19-13(10-24-16)9-14(22)21-7-4-17(5-8-21)3-6-18-11-17;;/h10,12,18H,3-9,11H2,1-2H3,(H,19,20,23);2*1H. The average molecular weight is 423 g/mol. The van der Waals surface area contributed by atoms with E-state index in [1.807, 2.05) is 24.1 Å². The van der Waals surface area contributed by atoms with Crippen LogP contribution in [0.2, 0.25) is 0 Å². The van der Waals surface area contributed by atoms with Crippen LogP contribution in [0.25, 0.3) is 0 Å². The van der Waals surface area contributed by atoms with Crippen LogP contribution >= 0.6 is 36.2 Å². The number of hydrogen-bond acceptors (Lipinski definition) is 5. The third kappa shape index (κ3) is 5.55. The van der Waals surface area contributed by atoms with Crippen LogP contribution < -0.4 is 10.6 Å². The number of rotatable bonds is 4. The Labute approximate surface area is 171 Å². The lowest BCUT2D eigenvalue weighted by Crippen LogP contribution is -2.44. The number of amides is 2. The molecule has 1 spiro atoms. The highest BCUT2D eigenvalue weighted by Crippen LogP contribution is 2.37. The fourth-order valence-electron chi connectivity index (χ4n) is 3.41. The number of carbonyl (C=O) groups excluding carboxylic acids is 2. The van der Waals surface area contributed by atoms with Crippen molar-refractivity contribution in [3.05, 3.63) is 11.1 Å². The first-order valence-electron chi connectivity index (χ1n) is 8.71. The number of halogens is 2. The Bertz CT molecular complexity index is 608. The van der Waals surface area contributed by atoms with Gasteiger partial charge < -0.3 is 15.5 Å². The maximum atomic E-state index is 12.5. The Hall–Kier alpha value is -0.890. The van der Waals surface area contributed by atoms with Crippen molar-refractivity contribution in [2.24, 2.45) is 11.3 Å². The average Bonchev–Trinajstić information content (AvgIpc) is 3.18. The highest BCUT2D eigenvalue weighted by atomic mass is 35.5. The van der Waals surface area contributed by atoms with Crippen molar-refractivity contribution in [1.82, 2.24) is 15.2 Å². The zero-order chi connectivity index (χ0) is 17.2. The molecule has 6 nitrogen and oxygen atoms in total. The molecule has 1 aromatic heterocycles. The summed E-state index contributed by atoms with van der Waals surface area (Å²) in [6.45, 7) is 7.59. The van der Waals surface area contributed by atoms with E-state index in [9.17, 15) is 9.59 Å². The zero-order valence-electron chi connectivity index (χ0n) is 15.2. The summed E-state index contributed by atoms with van der Waals surface area (Å²) < 4.78 is 0. The Morgan fingerprint density at radius 2 is 2.00 bits per heavy atom. The molecule has 0 unspecified atom stereocenters. The van der Waals surface area contributed by atoms with Crippen LogP contribution in [0.4, 0.5) is 5.13 Å². The summed E-state index contributed by atoms with van der Waals surface area (Å²) in [7, 11) is 0. The maximum Gasteiger partial charge on any atom is 0.228 e. The van der Waals surface area contributed by atoms with Gasteiger partial charge in [0.05, 0.1) is 12.1 Å². The summed E-state index contributed by atoms with van der Waals surface area (Å²) in [6, 6.07) is 0. The van der Waals surface area contributed by atoms with Crippen LogP contribution in [0.15, 0.2) is 5.38 Å². The van der Waals surface area contributed by atoms with Gasteiger partial charge in [0.2, 0.25) is 11.8 Å². The summed E-state index contributed by atoms with van der Waals surface area (Å²) in [6.07, 6.45) is 3.75. The number of likely N-dealkylation sites (tertiary alicyclic amines) is 1. The predicted octanol–water partition coefficient (Wildman–Crippen LogP) is 2.73. The molecule has 2 saturated heterocycles. The van der Waals surface area contributed by atoms with E-state index in [-0.39, 0.29) is 42.5 Å². The molecule has 0 radical (unpaired) electrons. The second-order valence-corrected chi connectivity index (χ2v) is 8.13. The second-order valence-electron chi connectivity index (χ2n) is 7.27. The lowest BCUT2D eigenvalue weighted by atomic mass is 9.78. The van der Waals surface area contributed by atoms with Crippen LogP contribution in [0, 0.1) is 11.3 Å². The van der Waals surface area contributed by atoms with E-state index >= 15 is 0 Å². The summed E-state index contributed by atoms with van der Waals surface area (Å²) in [5, 5.41) is 8.67. The molecule has 3 heterocycles. The quantitative estimate of drug-likeness (QED) is 0.781. The first-order chi connectivity index (χ1) is 11.5. The molecule has 2 aliphatic rings. The molecule has 148 valence electrons. The second kappa shape index (κ2) is 9.88. The number of nitrogens with one attached hydrogen (secondary N) is 2. The van der Waals surface area contributed by atoms with Gasteiger partial charge >= 0.3 is 0 Å². The van der Waals surface area contributed by atoms with Gasteiger partial charge in [0.1, 0.15) is 0 Å². The third-order valence-corrected chi connectivity index (χ3v) is 5.95. The molecule has 0 bridgehead atoms. The predicted molar refractivity (Wildman–Crippen MR) is 110 cm³/mol. The minimum Gasteiger partial charge on any atom is -0.342 e. The lowest BCUT2D eigenvalue weighted by Gasteiger charge is -2.38. The molecule has 2 N–H and O–H groups in total. The molecule has 0 aromatic carbocycles. The molecule has 26 heavy (non-hydrogen) atoms. The number of nitrogens with zero attached hydrogens (tertiary/aromatic N) is 2. The highest BCUT2D eigenvalue weighted by molar-refractivity contribution is 7.13. The molecule has 0 saturated carbocycles. The summed E-state index contributed by atoms with van der Waals surface area (Å²) in [5.74, 6) is 0.0151. The van der Waals surface area contributed by atoms with Crippen LogP contribution in [-0.2, 0) is 16.0 Å². The van der Waals surface area contributed by atoms with Crippen molar-refractivity contribution >= 4 is 53.1 Å². The van der Waals surface area contributed by atoms with Gasteiger partial charge in [-0.15, -0.1) is 36.2 Å². The number of thiazole rings is 1. The summed E-state index contributed by atoms with van der Waals surface area (Å²) >= 11 is 1.38. The van der Waals surface area contributed by atoms with Crippen molar-refractivity contribution in [2.45, 2.75) is 39.5 Å². The third-order valence-electron chi connectivity index (χ3n) is 5.15. The Morgan fingerprint density at radius 1 is 1.31 bits per heavy atom. The summed E-state index contributed by atoms with van der Waals surface area (Å²) in [5.41, 5.74) is 1.16. The number of aromatic nitrogens is 1. The van der Waals surface area contributed by atoms with Gasteiger partial charge in [-0.2, -0.15) is 0 Å². The molecule has 2 amide bonds. The Kier molecular flexibility index (Phi) is 8.79. The summed E-state index contributed by atoms with van der Waals surface area (Å²) in [4.78, 5) is 30.5. The smallest absolute Gasteiger partial charge is 0.228 e. The van der Waals surface area contributed by atoms with E-state index in [1.165, 1.54) is 17.8 Å². The van der Waals surface area contributed by atoms with Crippen LogP contribution in [0.3, 0.4) is 0 Å². The van der Waals surface area contributed by atoms with Gasteiger partial charge in [-0.3, -0.25) is 9.59 Å². The van der Waals surface area contributed by atoms with E-state index in [0.29, 0.717) is 17.0 Å². The lowest BCUT2D eigenvalue weighted by molar-refractivity contribution is -0.132. The van der Waals surface area contributed by atoms with Crippen LogP contribution in [0.5, 0.6) is 0 Å². The number of anilines is 1. The largest absolute Gasteiger partial charge is 0.342 e. The SMILES string of the molecule is CC(C)C(=O)Nc1nc(CC(=O)N2CCC3(CCNC3)CC2)cs1.Cl.Cl. The van der Waals surface area contributed by atoms with Crippen molar-refractivity contribution in [1.29, 1.82) is 0 Å². The maximum absolute atomic E-state index is 12.5. The molecular formula is C17H28Cl2N4O2S. The van der Waals surface area contributed by atoms with Gasteiger partial charge in [-0.05, 0) is 31.2 Å². The number of hydrogen-bond donors (Lipinski definition) is 2. The minimum absolute atomic E-state index is 0. The highest BCUT2D eigenvalue weighted by Gasteiger charge is 2.38. The Balaban J connectivity index is 0.00000169. The fraction of sp³-hybridized carbons (Fsp3) is 0.706. The van der Waals surface area contributed by atoms with Crippen molar-refractivity contribution in [2.75, 3.05) is 31.5 Å². The minimum atomic E-state index is -0.0790. The normalized spacial score (nSPS) is 18.3. The van der Waals surface area contributed by atoms with Crippen molar-refractivity contribution < 1.29 is 9.59 Å². The van der Waals surface area contributed by atoms with E-state index in [1.54, 1.807) is 0 Å². The Morgan fingerprint density at radius 3 is 2.58 bits per heavy atom. The number of piperidine rings is 1. The van der Waals surface area contributed by atoms with Crippen molar-refractivity contribution in [3.8, 4) is 0 Å². The van der Waals surface area contributed by atoms with Gasteiger partial charge in [-0.25, -0.2) is 4.98 Å². The van der Waals surface area contributed by atoms with Gasteiger partial charge in [0, 0.05) is 30.9 Å². The fourth-order valence-corrected chi connectivity index (χ4v) is 4.13.